The second kappa shape index (κ2) is 9.17. The Kier molecular flexibility index (Phi) is 6.64. The minimum atomic E-state index is -0.198. The Morgan fingerprint density at radius 3 is 2.69 bits per heavy atom. The van der Waals surface area contributed by atoms with Gasteiger partial charge in [-0.3, -0.25) is 9.59 Å². The Hall–Kier alpha value is -2.74. The van der Waals surface area contributed by atoms with Crippen molar-refractivity contribution in [3.05, 3.63) is 57.0 Å². The van der Waals surface area contributed by atoms with Gasteiger partial charge in [-0.15, -0.1) is 11.3 Å². The van der Waals surface area contributed by atoms with Crippen LogP contribution in [0.25, 0.3) is 10.6 Å². The van der Waals surface area contributed by atoms with E-state index in [2.05, 4.69) is 15.6 Å². The first-order valence-electron chi connectivity index (χ1n) is 9.68. The van der Waals surface area contributed by atoms with Crippen LogP contribution >= 0.6 is 11.3 Å². The van der Waals surface area contributed by atoms with Crippen LogP contribution in [0.5, 0.6) is 0 Å². The van der Waals surface area contributed by atoms with Crippen LogP contribution in [0, 0.1) is 19.8 Å². The molecular formula is C21H26N4O3S. The largest absolute Gasteiger partial charge is 0.361 e. The van der Waals surface area contributed by atoms with E-state index in [1.54, 1.807) is 17.4 Å². The summed E-state index contributed by atoms with van der Waals surface area (Å²) in [6.45, 7) is 8.09. The van der Waals surface area contributed by atoms with E-state index in [0.29, 0.717) is 19.4 Å². The molecule has 3 heterocycles. The van der Waals surface area contributed by atoms with Crippen LogP contribution < -0.4 is 10.9 Å². The van der Waals surface area contributed by atoms with Gasteiger partial charge in [-0.25, -0.2) is 4.68 Å². The van der Waals surface area contributed by atoms with Gasteiger partial charge in [0, 0.05) is 18.1 Å². The number of thiophene rings is 1. The third-order valence-corrected chi connectivity index (χ3v) is 5.84. The molecule has 0 aliphatic carbocycles. The molecule has 0 spiro atoms. The van der Waals surface area contributed by atoms with Crippen LogP contribution in [0.3, 0.4) is 0 Å². The first-order valence-corrected chi connectivity index (χ1v) is 10.6. The lowest BCUT2D eigenvalue weighted by atomic mass is 10.0. The molecule has 29 heavy (non-hydrogen) atoms. The topological polar surface area (TPSA) is 90.0 Å². The molecule has 0 aliphatic rings. The lowest BCUT2D eigenvalue weighted by Gasteiger charge is -2.23. The fraction of sp³-hybridized carbons (Fsp3) is 0.429. The van der Waals surface area contributed by atoms with Gasteiger partial charge < -0.3 is 9.84 Å². The van der Waals surface area contributed by atoms with E-state index in [-0.39, 0.29) is 23.4 Å². The van der Waals surface area contributed by atoms with Gasteiger partial charge in [-0.05, 0) is 43.7 Å². The standard InChI is InChI=1S/C21H26N4O3S/c1-13(2)18(22-20(26)9-7-16-14(3)24-28-15(16)4)12-25-21(27)10-8-17(23-25)19-6-5-11-29-19/h5-6,8,10-11,13,18H,7,9,12H2,1-4H3,(H,22,26)/t18-/m0/s1. The third kappa shape index (κ3) is 5.20. The van der Waals surface area contributed by atoms with Crippen LogP contribution in [-0.2, 0) is 17.8 Å². The molecule has 0 aliphatic heterocycles. The van der Waals surface area contributed by atoms with E-state index in [1.165, 1.54) is 10.7 Å². The zero-order valence-electron chi connectivity index (χ0n) is 17.1. The molecule has 0 bridgehead atoms. The SMILES string of the molecule is Cc1noc(C)c1CCC(=O)N[C@@H](Cn1nc(-c2cccs2)ccc1=O)C(C)C. The highest BCUT2D eigenvalue weighted by atomic mass is 32.1. The number of nitrogens with one attached hydrogen (secondary N) is 1. The molecule has 7 nitrogen and oxygen atoms in total. The van der Waals surface area contributed by atoms with E-state index in [9.17, 15) is 9.59 Å². The van der Waals surface area contributed by atoms with E-state index in [1.807, 2.05) is 45.2 Å². The molecule has 0 unspecified atom stereocenters. The van der Waals surface area contributed by atoms with Crippen LogP contribution in [0.15, 0.2) is 39.0 Å². The predicted octanol–water partition coefficient (Wildman–Crippen LogP) is 3.35. The van der Waals surface area contributed by atoms with E-state index < -0.39 is 0 Å². The molecule has 0 saturated heterocycles. The Bertz CT molecular complexity index is 1000. The number of aryl methyl sites for hydroxylation is 2. The van der Waals surface area contributed by atoms with Gasteiger partial charge in [0.05, 0.1) is 23.2 Å². The molecule has 0 saturated carbocycles. The Balaban J connectivity index is 1.68. The summed E-state index contributed by atoms with van der Waals surface area (Å²) in [5.74, 6) is 0.833. The first-order chi connectivity index (χ1) is 13.8. The number of hydrogen-bond acceptors (Lipinski definition) is 6. The molecule has 0 fully saturated rings. The third-order valence-electron chi connectivity index (χ3n) is 4.94. The molecule has 8 heteroatoms. The number of carbonyl (C=O) groups is 1. The van der Waals surface area contributed by atoms with Crippen LogP contribution in [0.1, 0.15) is 37.3 Å². The van der Waals surface area contributed by atoms with Gasteiger partial charge in [0.15, 0.2) is 0 Å². The van der Waals surface area contributed by atoms with Crippen molar-refractivity contribution in [3.8, 4) is 10.6 Å². The maximum atomic E-state index is 12.5. The summed E-state index contributed by atoms with van der Waals surface area (Å²) in [4.78, 5) is 25.9. The number of nitrogens with zero attached hydrogens (tertiary/aromatic N) is 3. The molecule has 1 atom stereocenters. The summed E-state index contributed by atoms with van der Waals surface area (Å²) in [5, 5.41) is 13.5. The van der Waals surface area contributed by atoms with Gasteiger partial charge in [-0.1, -0.05) is 25.1 Å². The van der Waals surface area contributed by atoms with Crippen molar-refractivity contribution in [2.24, 2.45) is 5.92 Å². The summed E-state index contributed by atoms with van der Waals surface area (Å²) >= 11 is 1.57. The molecule has 3 aromatic rings. The minimum absolute atomic E-state index is 0.0637. The highest BCUT2D eigenvalue weighted by Gasteiger charge is 2.19. The van der Waals surface area contributed by atoms with Gasteiger partial charge in [0.25, 0.3) is 5.56 Å². The highest BCUT2D eigenvalue weighted by molar-refractivity contribution is 7.13. The molecular weight excluding hydrogens is 388 g/mol. The zero-order chi connectivity index (χ0) is 21.0. The van der Waals surface area contributed by atoms with Crippen LogP contribution in [-0.4, -0.2) is 26.9 Å². The highest BCUT2D eigenvalue weighted by Crippen LogP contribution is 2.21. The van der Waals surface area contributed by atoms with Crippen molar-refractivity contribution in [1.82, 2.24) is 20.3 Å². The Labute approximate surface area is 173 Å². The normalized spacial score (nSPS) is 12.3. The quantitative estimate of drug-likeness (QED) is 0.610. The maximum Gasteiger partial charge on any atom is 0.266 e. The number of amides is 1. The van der Waals surface area contributed by atoms with E-state index in [0.717, 1.165) is 27.6 Å². The number of aromatic nitrogens is 3. The molecule has 1 amide bonds. The average molecular weight is 415 g/mol. The smallest absolute Gasteiger partial charge is 0.266 e. The van der Waals surface area contributed by atoms with Crippen LogP contribution in [0.4, 0.5) is 0 Å². The summed E-state index contributed by atoms with van der Waals surface area (Å²) in [6.07, 6.45) is 0.910. The molecule has 154 valence electrons. The lowest BCUT2D eigenvalue weighted by Crippen LogP contribution is -2.44. The molecule has 0 radical (unpaired) electrons. The lowest BCUT2D eigenvalue weighted by molar-refractivity contribution is -0.122. The number of rotatable bonds is 8. The average Bonchev–Trinajstić information content (AvgIpc) is 3.32. The molecule has 0 aromatic carbocycles. The monoisotopic (exact) mass is 414 g/mol. The van der Waals surface area contributed by atoms with Crippen molar-refractivity contribution in [2.45, 2.75) is 53.1 Å². The van der Waals surface area contributed by atoms with E-state index in [4.69, 9.17) is 4.52 Å². The first kappa shape index (κ1) is 21.0. The van der Waals surface area contributed by atoms with Gasteiger partial charge in [0.2, 0.25) is 5.91 Å². The van der Waals surface area contributed by atoms with Crippen molar-refractivity contribution in [1.29, 1.82) is 0 Å². The summed E-state index contributed by atoms with van der Waals surface area (Å²) < 4.78 is 6.59. The fourth-order valence-corrected chi connectivity index (χ4v) is 3.81. The molecule has 3 rings (SSSR count). The van der Waals surface area contributed by atoms with Crippen molar-refractivity contribution < 1.29 is 9.32 Å². The Morgan fingerprint density at radius 2 is 2.07 bits per heavy atom. The molecule has 1 N–H and O–H groups in total. The maximum absolute atomic E-state index is 12.5. The van der Waals surface area contributed by atoms with Gasteiger partial charge in [0.1, 0.15) is 11.5 Å². The second-order valence-electron chi connectivity index (χ2n) is 7.44. The Morgan fingerprint density at radius 1 is 1.28 bits per heavy atom. The van der Waals surface area contributed by atoms with Crippen molar-refractivity contribution in [2.75, 3.05) is 0 Å². The van der Waals surface area contributed by atoms with E-state index >= 15 is 0 Å². The van der Waals surface area contributed by atoms with Gasteiger partial charge >= 0.3 is 0 Å². The number of hydrogen-bond donors (Lipinski definition) is 1. The van der Waals surface area contributed by atoms with Crippen molar-refractivity contribution in [3.63, 3.8) is 0 Å². The number of carbonyl (C=O) groups excluding carboxylic acids is 1. The molecule has 3 aromatic heterocycles. The van der Waals surface area contributed by atoms with Gasteiger partial charge in [-0.2, -0.15) is 5.10 Å². The summed E-state index contributed by atoms with van der Waals surface area (Å²) in [6, 6.07) is 6.98. The zero-order valence-corrected chi connectivity index (χ0v) is 18.0. The summed E-state index contributed by atoms with van der Waals surface area (Å²) in [7, 11) is 0. The predicted molar refractivity (Wildman–Crippen MR) is 113 cm³/mol. The minimum Gasteiger partial charge on any atom is -0.361 e. The second-order valence-corrected chi connectivity index (χ2v) is 8.38. The fourth-order valence-electron chi connectivity index (χ4n) is 3.12. The van der Waals surface area contributed by atoms with Crippen LogP contribution in [0.2, 0.25) is 0 Å². The summed E-state index contributed by atoms with van der Waals surface area (Å²) in [5.41, 5.74) is 2.37. The van der Waals surface area contributed by atoms with Crippen molar-refractivity contribution >= 4 is 17.2 Å².